The Labute approximate surface area is 52.9 Å². The highest BCUT2D eigenvalue weighted by Gasteiger charge is 1.96. The van der Waals surface area contributed by atoms with E-state index < -0.39 is 5.24 Å². The molecule has 0 heterocycles. The molecule has 0 N–H and O–H groups in total. The summed E-state index contributed by atoms with van der Waals surface area (Å²) in [6.45, 7) is 4.81. The molecule has 0 saturated carbocycles. The molecular formula is C5H6ClNO. The van der Waals surface area contributed by atoms with Gasteiger partial charge in [-0.25, -0.2) is 0 Å². The second kappa shape index (κ2) is 3.38. The normalized spacial score (nSPS) is 11.0. The molecule has 0 aliphatic heterocycles. The van der Waals surface area contributed by atoms with Crippen LogP contribution in [0.4, 0.5) is 0 Å². The van der Waals surface area contributed by atoms with Crippen molar-refractivity contribution in [1.82, 2.24) is 0 Å². The Morgan fingerprint density at radius 1 is 1.88 bits per heavy atom. The zero-order chi connectivity index (χ0) is 6.57. The number of rotatable bonds is 2. The molecule has 8 heavy (non-hydrogen) atoms. The molecule has 0 aromatic carbocycles. The van der Waals surface area contributed by atoms with E-state index in [1.54, 1.807) is 0 Å². The van der Waals surface area contributed by atoms with E-state index in [1.807, 2.05) is 0 Å². The Kier molecular flexibility index (Phi) is 3.12. The van der Waals surface area contributed by atoms with E-state index in [1.165, 1.54) is 13.1 Å². The van der Waals surface area contributed by atoms with Crippen LogP contribution in [0.1, 0.15) is 6.92 Å². The van der Waals surface area contributed by atoms with E-state index in [4.69, 9.17) is 11.6 Å². The molecule has 0 radical (unpaired) electrons. The second-order valence-corrected chi connectivity index (χ2v) is 1.51. The number of aliphatic imine (C=N–C) groups is 1. The molecule has 0 amide bonds. The standard InChI is InChI=1S/C5H6ClNO/c1-3-7-4(2)5(6)8/h3H,1H2,2H3/b7-4+. The third kappa shape index (κ3) is 2.53. The number of carbonyl (C=O) groups is 1. The topological polar surface area (TPSA) is 29.4 Å². The molecular weight excluding hydrogens is 126 g/mol. The van der Waals surface area contributed by atoms with Crippen molar-refractivity contribution in [2.75, 3.05) is 0 Å². The Bertz CT molecular complexity index is 139. The molecule has 3 heteroatoms. The van der Waals surface area contributed by atoms with Gasteiger partial charge in [-0.3, -0.25) is 9.79 Å². The van der Waals surface area contributed by atoms with Gasteiger partial charge in [-0.05, 0) is 18.5 Å². The highest BCUT2D eigenvalue weighted by atomic mass is 35.5. The van der Waals surface area contributed by atoms with Crippen molar-refractivity contribution in [2.45, 2.75) is 6.92 Å². The summed E-state index contributed by atoms with van der Waals surface area (Å²) < 4.78 is 0. The lowest BCUT2D eigenvalue weighted by molar-refractivity contribution is -0.106. The number of hydrogen-bond acceptors (Lipinski definition) is 2. The maximum atomic E-state index is 10.1. The van der Waals surface area contributed by atoms with Crippen molar-refractivity contribution in [3.05, 3.63) is 12.8 Å². The fourth-order valence-electron chi connectivity index (χ4n) is 0.188. The van der Waals surface area contributed by atoms with Crippen molar-refractivity contribution >= 4 is 22.6 Å². The van der Waals surface area contributed by atoms with E-state index in [9.17, 15) is 4.79 Å². The highest BCUT2D eigenvalue weighted by Crippen LogP contribution is 1.85. The summed E-state index contributed by atoms with van der Waals surface area (Å²) in [7, 11) is 0. The van der Waals surface area contributed by atoms with Crippen molar-refractivity contribution in [3.63, 3.8) is 0 Å². The molecule has 0 atom stereocenters. The van der Waals surface area contributed by atoms with Crippen molar-refractivity contribution in [2.24, 2.45) is 4.99 Å². The minimum atomic E-state index is -0.537. The summed E-state index contributed by atoms with van der Waals surface area (Å²) in [6.07, 6.45) is 1.27. The van der Waals surface area contributed by atoms with E-state index in [-0.39, 0.29) is 5.71 Å². The molecule has 0 aromatic heterocycles. The minimum Gasteiger partial charge on any atom is -0.274 e. The maximum Gasteiger partial charge on any atom is 0.266 e. The SMILES string of the molecule is C=C/N=C(\C)C(=O)Cl. The van der Waals surface area contributed by atoms with Crippen LogP contribution in [0.3, 0.4) is 0 Å². The molecule has 44 valence electrons. The van der Waals surface area contributed by atoms with Gasteiger partial charge in [0, 0.05) is 6.20 Å². The molecule has 0 fully saturated rings. The fraction of sp³-hybridized carbons (Fsp3) is 0.200. The van der Waals surface area contributed by atoms with Gasteiger partial charge < -0.3 is 0 Å². The number of nitrogens with zero attached hydrogens (tertiary/aromatic N) is 1. The molecule has 0 rings (SSSR count). The van der Waals surface area contributed by atoms with Gasteiger partial charge in [0.25, 0.3) is 5.24 Å². The summed E-state index contributed by atoms with van der Waals surface area (Å²) in [5.41, 5.74) is 0.265. The van der Waals surface area contributed by atoms with Gasteiger partial charge in [-0.2, -0.15) is 0 Å². The average molecular weight is 132 g/mol. The van der Waals surface area contributed by atoms with Crippen LogP contribution in [-0.4, -0.2) is 11.0 Å². The van der Waals surface area contributed by atoms with Crippen LogP contribution >= 0.6 is 11.6 Å². The van der Waals surface area contributed by atoms with Crippen LogP contribution < -0.4 is 0 Å². The molecule has 0 bridgehead atoms. The zero-order valence-electron chi connectivity index (χ0n) is 4.52. The van der Waals surface area contributed by atoms with Crippen molar-refractivity contribution < 1.29 is 4.79 Å². The van der Waals surface area contributed by atoms with Gasteiger partial charge >= 0.3 is 0 Å². The van der Waals surface area contributed by atoms with Crippen LogP contribution in [0.25, 0.3) is 0 Å². The lowest BCUT2D eigenvalue weighted by atomic mass is 10.5. The van der Waals surface area contributed by atoms with Crippen molar-refractivity contribution in [1.29, 1.82) is 0 Å². The van der Waals surface area contributed by atoms with Gasteiger partial charge in [-0.15, -0.1) is 0 Å². The monoisotopic (exact) mass is 131 g/mol. The number of carbonyl (C=O) groups excluding carboxylic acids is 1. The molecule has 0 saturated heterocycles. The van der Waals surface area contributed by atoms with E-state index in [0.717, 1.165) is 0 Å². The summed E-state index contributed by atoms with van der Waals surface area (Å²) in [6, 6.07) is 0. The van der Waals surface area contributed by atoms with Crippen molar-refractivity contribution in [3.8, 4) is 0 Å². The Hall–Kier alpha value is -0.630. The van der Waals surface area contributed by atoms with Crippen LogP contribution in [0.2, 0.25) is 0 Å². The molecule has 0 unspecified atom stereocenters. The molecule has 0 aliphatic carbocycles. The second-order valence-electron chi connectivity index (χ2n) is 1.17. The quantitative estimate of drug-likeness (QED) is 0.411. The first-order chi connectivity index (χ1) is 3.68. The van der Waals surface area contributed by atoms with E-state index in [2.05, 4.69) is 11.6 Å². The van der Waals surface area contributed by atoms with Gasteiger partial charge in [0.05, 0.1) is 5.71 Å². The van der Waals surface area contributed by atoms with Gasteiger partial charge in [-0.1, -0.05) is 6.58 Å². The number of halogens is 1. The third-order valence-electron chi connectivity index (χ3n) is 0.569. The van der Waals surface area contributed by atoms with Gasteiger partial charge in [0.1, 0.15) is 0 Å². The molecule has 0 aliphatic rings. The Morgan fingerprint density at radius 2 is 2.38 bits per heavy atom. The molecule has 0 spiro atoms. The largest absolute Gasteiger partial charge is 0.274 e. The lowest BCUT2D eigenvalue weighted by Gasteiger charge is -1.82. The molecule has 0 aromatic rings. The summed E-state index contributed by atoms with van der Waals surface area (Å²) in [5.74, 6) is 0. The first-order valence-electron chi connectivity index (χ1n) is 2.03. The summed E-state index contributed by atoms with van der Waals surface area (Å²) in [4.78, 5) is 13.6. The predicted molar refractivity (Wildman–Crippen MR) is 34.2 cm³/mol. The highest BCUT2D eigenvalue weighted by molar-refractivity contribution is 6.81. The summed E-state index contributed by atoms with van der Waals surface area (Å²) >= 11 is 4.99. The third-order valence-corrected chi connectivity index (χ3v) is 0.843. The smallest absolute Gasteiger partial charge is 0.266 e. The first-order valence-corrected chi connectivity index (χ1v) is 2.41. The zero-order valence-corrected chi connectivity index (χ0v) is 5.27. The van der Waals surface area contributed by atoms with E-state index >= 15 is 0 Å². The predicted octanol–water partition coefficient (Wildman–Crippen LogP) is 1.36. The fourth-order valence-corrected chi connectivity index (χ4v) is 0.236. The minimum absolute atomic E-state index is 0.265. The Balaban J connectivity index is 3.99. The Morgan fingerprint density at radius 3 is 2.50 bits per heavy atom. The van der Waals surface area contributed by atoms with Crippen LogP contribution in [0.5, 0.6) is 0 Å². The van der Waals surface area contributed by atoms with Crippen LogP contribution in [0, 0.1) is 0 Å². The maximum absolute atomic E-state index is 10.1. The van der Waals surface area contributed by atoms with Gasteiger partial charge in [0.15, 0.2) is 0 Å². The van der Waals surface area contributed by atoms with Crippen LogP contribution in [-0.2, 0) is 4.79 Å². The first kappa shape index (κ1) is 7.37. The lowest BCUT2D eigenvalue weighted by Crippen LogP contribution is -1.99. The summed E-state index contributed by atoms with van der Waals surface area (Å²) in [5, 5.41) is -0.537. The van der Waals surface area contributed by atoms with Crippen LogP contribution in [0.15, 0.2) is 17.8 Å². The van der Waals surface area contributed by atoms with Gasteiger partial charge in [0.2, 0.25) is 0 Å². The van der Waals surface area contributed by atoms with E-state index in [0.29, 0.717) is 0 Å². The number of hydrogen-bond donors (Lipinski definition) is 0. The average Bonchev–Trinajstić information content (AvgIpc) is 1.67. The molecule has 2 nitrogen and oxygen atoms in total.